The normalized spacial score (nSPS) is 11.7. The molecular formula is C12H11FO2. The molecule has 1 rings (SSSR count). The highest BCUT2D eigenvalue weighted by molar-refractivity contribution is 5.76. The van der Waals surface area contributed by atoms with Crippen molar-refractivity contribution in [2.45, 2.75) is 18.8 Å². The van der Waals surface area contributed by atoms with Crippen LogP contribution < -0.4 is 0 Å². The van der Waals surface area contributed by atoms with Crippen LogP contribution in [0.3, 0.4) is 0 Å². The second-order valence-corrected chi connectivity index (χ2v) is 3.19. The lowest BCUT2D eigenvalue weighted by molar-refractivity contribution is -0.138. The molecule has 0 bridgehead atoms. The summed E-state index contributed by atoms with van der Waals surface area (Å²) in [4.78, 5) is 10.9. The molecule has 1 atom stereocenters. The van der Waals surface area contributed by atoms with Crippen molar-refractivity contribution >= 4 is 5.97 Å². The standard InChI is InChI=1S/C12H11FO2/c1-2-3-7-11(12(14)15)9-5-4-6-10(13)8-9/h1,4-6,8,11H,3,7H2,(H,14,15). The number of hydrogen-bond acceptors (Lipinski definition) is 1. The Morgan fingerprint density at radius 2 is 2.33 bits per heavy atom. The summed E-state index contributed by atoms with van der Waals surface area (Å²) < 4.78 is 12.9. The number of aliphatic carboxylic acids is 1. The SMILES string of the molecule is C#CCCC(C(=O)O)c1cccc(F)c1. The Labute approximate surface area is 87.7 Å². The first-order chi connectivity index (χ1) is 7.15. The topological polar surface area (TPSA) is 37.3 Å². The number of carboxylic acid groups (broad SMARTS) is 1. The molecule has 0 radical (unpaired) electrons. The third kappa shape index (κ3) is 3.10. The summed E-state index contributed by atoms with van der Waals surface area (Å²) in [6.45, 7) is 0. The van der Waals surface area contributed by atoms with Crippen molar-refractivity contribution in [3.63, 3.8) is 0 Å². The van der Waals surface area contributed by atoms with E-state index in [0.29, 0.717) is 18.4 Å². The second kappa shape index (κ2) is 5.16. The Bertz CT molecular complexity index is 393. The molecule has 0 aliphatic heterocycles. The lowest BCUT2D eigenvalue weighted by Gasteiger charge is -2.10. The van der Waals surface area contributed by atoms with Crippen molar-refractivity contribution in [3.8, 4) is 12.3 Å². The smallest absolute Gasteiger partial charge is 0.311 e. The van der Waals surface area contributed by atoms with Crippen molar-refractivity contribution in [2.24, 2.45) is 0 Å². The van der Waals surface area contributed by atoms with Crippen molar-refractivity contribution in [3.05, 3.63) is 35.6 Å². The van der Waals surface area contributed by atoms with Gasteiger partial charge in [-0.3, -0.25) is 4.79 Å². The summed E-state index contributed by atoms with van der Waals surface area (Å²) >= 11 is 0. The molecule has 78 valence electrons. The molecule has 3 heteroatoms. The van der Waals surface area contributed by atoms with Crippen LogP contribution in [0.4, 0.5) is 4.39 Å². The first-order valence-corrected chi connectivity index (χ1v) is 4.57. The van der Waals surface area contributed by atoms with Crippen molar-refractivity contribution in [2.75, 3.05) is 0 Å². The zero-order valence-corrected chi connectivity index (χ0v) is 8.11. The minimum absolute atomic E-state index is 0.329. The van der Waals surface area contributed by atoms with Gasteiger partial charge in [-0.1, -0.05) is 12.1 Å². The Morgan fingerprint density at radius 3 is 2.87 bits per heavy atom. The van der Waals surface area contributed by atoms with Gasteiger partial charge in [-0.05, 0) is 24.1 Å². The average molecular weight is 206 g/mol. The lowest BCUT2D eigenvalue weighted by Crippen LogP contribution is -2.11. The molecule has 0 heterocycles. The quantitative estimate of drug-likeness (QED) is 0.768. The van der Waals surface area contributed by atoms with E-state index in [1.165, 1.54) is 18.2 Å². The molecule has 2 nitrogen and oxygen atoms in total. The number of hydrogen-bond donors (Lipinski definition) is 1. The summed E-state index contributed by atoms with van der Waals surface area (Å²) in [5, 5.41) is 8.95. The molecule has 1 aromatic rings. The van der Waals surface area contributed by atoms with E-state index in [2.05, 4.69) is 5.92 Å². The average Bonchev–Trinajstić information content (AvgIpc) is 2.18. The maximum Gasteiger partial charge on any atom is 0.311 e. The van der Waals surface area contributed by atoms with E-state index in [0.717, 1.165) is 0 Å². The van der Waals surface area contributed by atoms with Crippen molar-refractivity contribution < 1.29 is 14.3 Å². The fourth-order valence-corrected chi connectivity index (χ4v) is 1.38. The van der Waals surface area contributed by atoms with Gasteiger partial charge in [-0.15, -0.1) is 12.3 Å². The monoisotopic (exact) mass is 206 g/mol. The zero-order valence-electron chi connectivity index (χ0n) is 8.11. The molecule has 0 spiro atoms. The van der Waals surface area contributed by atoms with E-state index in [9.17, 15) is 9.18 Å². The van der Waals surface area contributed by atoms with Gasteiger partial charge in [-0.25, -0.2) is 4.39 Å². The molecule has 0 amide bonds. The lowest BCUT2D eigenvalue weighted by atomic mass is 9.94. The van der Waals surface area contributed by atoms with Crippen LogP contribution in [0, 0.1) is 18.2 Å². The van der Waals surface area contributed by atoms with Crippen LogP contribution in [0.2, 0.25) is 0 Å². The number of carbonyl (C=O) groups is 1. The highest BCUT2D eigenvalue weighted by Gasteiger charge is 2.19. The van der Waals surface area contributed by atoms with E-state index < -0.39 is 17.7 Å². The Hall–Kier alpha value is -1.82. The van der Waals surface area contributed by atoms with Crippen LogP contribution in [0.1, 0.15) is 24.3 Å². The summed E-state index contributed by atoms with van der Waals surface area (Å²) in [5.74, 6) is 0.248. The van der Waals surface area contributed by atoms with Gasteiger partial charge in [0.25, 0.3) is 0 Å². The van der Waals surface area contributed by atoms with Gasteiger partial charge in [0.05, 0.1) is 5.92 Å². The van der Waals surface area contributed by atoms with Crippen LogP contribution >= 0.6 is 0 Å². The second-order valence-electron chi connectivity index (χ2n) is 3.19. The van der Waals surface area contributed by atoms with Gasteiger partial charge in [0, 0.05) is 6.42 Å². The molecule has 0 aliphatic carbocycles. The fraction of sp³-hybridized carbons (Fsp3) is 0.250. The molecule has 1 aromatic carbocycles. The van der Waals surface area contributed by atoms with Gasteiger partial charge in [-0.2, -0.15) is 0 Å². The Kier molecular flexibility index (Phi) is 3.87. The molecule has 1 N–H and O–H groups in total. The fourth-order valence-electron chi connectivity index (χ4n) is 1.38. The molecule has 0 aliphatic rings. The maximum atomic E-state index is 12.9. The van der Waals surface area contributed by atoms with Crippen LogP contribution in [-0.4, -0.2) is 11.1 Å². The molecule has 15 heavy (non-hydrogen) atoms. The summed E-state index contributed by atoms with van der Waals surface area (Å²) in [6, 6.07) is 5.60. The number of rotatable bonds is 4. The number of halogens is 1. The van der Waals surface area contributed by atoms with Crippen LogP contribution in [0.5, 0.6) is 0 Å². The summed E-state index contributed by atoms with van der Waals surface area (Å²) in [7, 11) is 0. The first-order valence-electron chi connectivity index (χ1n) is 4.57. The van der Waals surface area contributed by atoms with Crippen molar-refractivity contribution in [1.29, 1.82) is 0 Å². The molecule has 0 fully saturated rings. The van der Waals surface area contributed by atoms with E-state index in [4.69, 9.17) is 11.5 Å². The molecule has 0 saturated heterocycles. The summed E-state index contributed by atoms with van der Waals surface area (Å²) in [5.41, 5.74) is 0.456. The van der Waals surface area contributed by atoms with E-state index in [-0.39, 0.29) is 0 Å². The minimum atomic E-state index is -0.976. The molecule has 0 saturated carbocycles. The Morgan fingerprint density at radius 1 is 1.60 bits per heavy atom. The van der Waals surface area contributed by atoms with Gasteiger partial charge < -0.3 is 5.11 Å². The van der Waals surface area contributed by atoms with Gasteiger partial charge in [0.2, 0.25) is 0 Å². The van der Waals surface area contributed by atoms with Crippen molar-refractivity contribution in [1.82, 2.24) is 0 Å². The van der Waals surface area contributed by atoms with Gasteiger partial charge >= 0.3 is 5.97 Å². The highest BCUT2D eigenvalue weighted by Crippen LogP contribution is 2.21. The Balaban J connectivity index is 2.89. The zero-order chi connectivity index (χ0) is 11.3. The highest BCUT2D eigenvalue weighted by atomic mass is 19.1. The van der Waals surface area contributed by atoms with Gasteiger partial charge in [0.1, 0.15) is 5.82 Å². The van der Waals surface area contributed by atoms with Crippen LogP contribution in [0.25, 0.3) is 0 Å². The predicted molar refractivity (Wildman–Crippen MR) is 54.8 cm³/mol. The van der Waals surface area contributed by atoms with Crippen LogP contribution in [0.15, 0.2) is 24.3 Å². The van der Waals surface area contributed by atoms with E-state index >= 15 is 0 Å². The third-order valence-corrected chi connectivity index (χ3v) is 2.13. The first kappa shape index (κ1) is 11.3. The molecular weight excluding hydrogens is 195 g/mol. The minimum Gasteiger partial charge on any atom is -0.481 e. The summed E-state index contributed by atoms with van der Waals surface area (Å²) in [6.07, 6.45) is 5.77. The number of benzene rings is 1. The largest absolute Gasteiger partial charge is 0.481 e. The molecule has 0 aromatic heterocycles. The predicted octanol–water partition coefficient (Wildman–Crippen LogP) is 2.41. The maximum absolute atomic E-state index is 12.9. The molecule has 1 unspecified atom stereocenters. The third-order valence-electron chi connectivity index (χ3n) is 2.13. The van der Waals surface area contributed by atoms with E-state index in [1.54, 1.807) is 6.07 Å². The van der Waals surface area contributed by atoms with Gasteiger partial charge in [0.15, 0.2) is 0 Å². The number of terminal acetylenes is 1. The van der Waals surface area contributed by atoms with E-state index in [1.807, 2.05) is 0 Å². The van der Waals surface area contributed by atoms with Crippen LogP contribution in [-0.2, 0) is 4.79 Å². The number of carboxylic acids is 1.